The molecule has 1 aromatic rings. The lowest BCUT2D eigenvalue weighted by Crippen LogP contribution is -2.21. The van der Waals surface area contributed by atoms with Crippen LogP contribution in [0.15, 0.2) is 6.33 Å². The summed E-state index contributed by atoms with van der Waals surface area (Å²) >= 11 is 0. The Bertz CT molecular complexity index is 261. The molecule has 3 unspecified atom stereocenters. The van der Waals surface area contributed by atoms with Crippen LogP contribution in [0.3, 0.4) is 0 Å². The number of hydrogen-bond acceptors (Lipinski definition) is 4. The zero-order chi connectivity index (χ0) is 9.26. The van der Waals surface area contributed by atoms with E-state index in [1.54, 1.807) is 0 Å². The smallest absolute Gasteiger partial charge is 0.137 e. The van der Waals surface area contributed by atoms with Gasteiger partial charge in [-0.3, -0.25) is 5.10 Å². The fraction of sp³-hybridized carbons (Fsp3) is 0.750. The first kappa shape index (κ1) is 8.65. The molecule has 1 heterocycles. The molecule has 5 heteroatoms. The van der Waals surface area contributed by atoms with Gasteiger partial charge in [0.2, 0.25) is 0 Å². The Balaban J connectivity index is 2.05. The summed E-state index contributed by atoms with van der Waals surface area (Å²) in [4.78, 5) is 4.08. The van der Waals surface area contributed by atoms with E-state index in [0.29, 0.717) is 12.5 Å². The van der Waals surface area contributed by atoms with Gasteiger partial charge in [-0.15, -0.1) is 0 Å². The molecule has 0 radical (unpaired) electrons. The number of nitrogens with one attached hydrogen (secondary N) is 1. The van der Waals surface area contributed by atoms with Crippen molar-refractivity contribution in [2.75, 3.05) is 6.54 Å². The number of nitrogens with two attached hydrogens (primary N) is 1. The van der Waals surface area contributed by atoms with Crippen molar-refractivity contribution in [3.63, 3.8) is 0 Å². The second-order valence-electron chi connectivity index (χ2n) is 3.60. The molecule has 5 nitrogen and oxygen atoms in total. The van der Waals surface area contributed by atoms with E-state index in [4.69, 9.17) is 5.73 Å². The molecule has 2 rings (SSSR count). The summed E-state index contributed by atoms with van der Waals surface area (Å²) in [5.74, 6) is 1.39. The van der Waals surface area contributed by atoms with E-state index >= 15 is 0 Å². The van der Waals surface area contributed by atoms with Crippen LogP contribution in [0.4, 0.5) is 0 Å². The van der Waals surface area contributed by atoms with Crippen LogP contribution in [0.5, 0.6) is 0 Å². The van der Waals surface area contributed by atoms with Crippen molar-refractivity contribution in [3.8, 4) is 0 Å². The molecule has 0 spiro atoms. The zero-order valence-electron chi connectivity index (χ0n) is 7.35. The molecule has 1 fully saturated rings. The van der Waals surface area contributed by atoms with E-state index in [1.807, 2.05) is 0 Å². The first-order valence-corrected chi connectivity index (χ1v) is 4.54. The minimum atomic E-state index is -0.278. The molecule has 1 aliphatic rings. The van der Waals surface area contributed by atoms with E-state index in [0.717, 1.165) is 18.7 Å². The molecule has 1 aliphatic carbocycles. The highest BCUT2D eigenvalue weighted by molar-refractivity contribution is 5.00. The first-order valence-electron chi connectivity index (χ1n) is 4.54. The summed E-state index contributed by atoms with van der Waals surface area (Å²) in [5.41, 5.74) is 5.53. The van der Waals surface area contributed by atoms with E-state index in [2.05, 4.69) is 15.2 Å². The van der Waals surface area contributed by atoms with Gasteiger partial charge in [-0.1, -0.05) is 0 Å². The number of aromatic nitrogens is 3. The number of aliphatic hydroxyl groups is 1. The van der Waals surface area contributed by atoms with Gasteiger partial charge in [0, 0.05) is 5.92 Å². The van der Waals surface area contributed by atoms with Gasteiger partial charge in [-0.05, 0) is 25.3 Å². The SMILES string of the molecule is NCC1CC(c2ncn[nH]2)CC1O. The highest BCUT2D eigenvalue weighted by Gasteiger charge is 2.34. The highest BCUT2D eigenvalue weighted by atomic mass is 16.3. The number of H-pyrrole nitrogens is 1. The third kappa shape index (κ3) is 1.57. The van der Waals surface area contributed by atoms with E-state index in [1.165, 1.54) is 6.33 Å². The largest absolute Gasteiger partial charge is 0.393 e. The number of hydrogen-bond donors (Lipinski definition) is 3. The monoisotopic (exact) mass is 182 g/mol. The van der Waals surface area contributed by atoms with Crippen LogP contribution in [0.1, 0.15) is 24.6 Å². The lowest BCUT2D eigenvalue weighted by atomic mass is 10.0. The molecule has 72 valence electrons. The second kappa shape index (κ2) is 3.43. The summed E-state index contributed by atoms with van der Waals surface area (Å²) in [5, 5.41) is 16.2. The van der Waals surface area contributed by atoms with Gasteiger partial charge in [0.25, 0.3) is 0 Å². The maximum absolute atomic E-state index is 9.62. The maximum atomic E-state index is 9.62. The summed E-state index contributed by atoms with van der Waals surface area (Å²) in [7, 11) is 0. The predicted molar refractivity (Wildman–Crippen MR) is 46.9 cm³/mol. The summed E-state index contributed by atoms with van der Waals surface area (Å²) in [6, 6.07) is 0. The molecule has 4 N–H and O–H groups in total. The molecular weight excluding hydrogens is 168 g/mol. The van der Waals surface area contributed by atoms with Crippen molar-refractivity contribution in [1.29, 1.82) is 0 Å². The van der Waals surface area contributed by atoms with Crippen molar-refractivity contribution in [2.24, 2.45) is 11.7 Å². The molecule has 1 aromatic heterocycles. The van der Waals surface area contributed by atoms with Gasteiger partial charge in [0.05, 0.1) is 6.10 Å². The van der Waals surface area contributed by atoms with Crippen LogP contribution in [-0.2, 0) is 0 Å². The molecular formula is C8H14N4O. The van der Waals surface area contributed by atoms with Gasteiger partial charge in [-0.25, -0.2) is 4.98 Å². The summed E-state index contributed by atoms with van der Waals surface area (Å²) in [6.07, 6.45) is 2.88. The van der Waals surface area contributed by atoms with Crippen molar-refractivity contribution >= 4 is 0 Å². The topological polar surface area (TPSA) is 87.8 Å². The normalized spacial score (nSPS) is 33.8. The Labute approximate surface area is 76.4 Å². The van der Waals surface area contributed by atoms with E-state index in [9.17, 15) is 5.11 Å². The summed E-state index contributed by atoms with van der Waals surface area (Å²) < 4.78 is 0. The number of nitrogens with zero attached hydrogens (tertiary/aromatic N) is 2. The minimum Gasteiger partial charge on any atom is -0.393 e. The van der Waals surface area contributed by atoms with Crippen LogP contribution in [0.2, 0.25) is 0 Å². The van der Waals surface area contributed by atoms with Crippen LogP contribution in [0, 0.1) is 5.92 Å². The molecule has 1 saturated carbocycles. The Kier molecular flexibility index (Phi) is 2.28. The lowest BCUT2D eigenvalue weighted by Gasteiger charge is -2.09. The predicted octanol–water partition coefficient (Wildman–Crippen LogP) is -0.382. The Morgan fingerprint density at radius 3 is 3.00 bits per heavy atom. The fourth-order valence-electron chi connectivity index (χ4n) is 1.99. The minimum absolute atomic E-state index is 0.218. The molecule has 0 aliphatic heterocycles. The third-order valence-corrected chi connectivity index (χ3v) is 2.78. The lowest BCUT2D eigenvalue weighted by molar-refractivity contribution is 0.136. The molecule has 0 bridgehead atoms. The van der Waals surface area contributed by atoms with Crippen LogP contribution in [-0.4, -0.2) is 32.9 Å². The molecule has 0 saturated heterocycles. The second-order valence-corrected chi connectivity index (χ2v) is 3.60. The molecule has 0 aromatic carbocycles. The van der Waals surface area contributed by atoms with Crippen molar-refractivity contribution in [3.05, 3.63) is 12.2 Å². The third-order valence-electron chi connectivity index (χ3n) is 2.78. The number of aliphatic hydroxyl groups excluding tert-OH is 1. The van der Waals surface area contributed by atoms with Gasteiger partial charge >= 0.3 is 0 Å². The standard InChI is InChI=1S/C8H14N4O/c9-3-6-1-5(2-7(6)13)8-10-4-11-12-8/h4-7,13H,1-3,9H2,(H,10,11,12). The molecule has 0 amide bonds. The average Bonchev–Trinajstić information content (AvgIpc) is 2.71. The van der Waals surface area contributed by atoms with Gasteiger partial charge in [-0.2, -0.15) is 5.10 Å². The van der Waals surface area contributed by atoms with Gasteiger partial charge < -0.3 is 10.8 Å². The van der Waals surface area contributed by atoms with Crippen molar-refractivity contribution < 1.29 is 5.11 Å². The first-order chi connectivity index (χ1) is 6.31. The van der Waals surface area contributed by atoms with Gasteiger partial charge in [0.1, 0.15) is 12.2 Å². The number of rotatable bonds is 2. The van der Waals surface area contributed by atoms with Crippen LogP contribution >= 0.6 is 0 Å². The van der Waals surface area contributed by atoms with Gasteiger partial charge in [0.15, 0.2) is 0 Å². The van der Waals surface area contributed by atoms with E-state index in [-0.39, 0.29) is 12.0 Å². The Morgan fingerprint density at radius 2 is 2.46 bits per heavy atom. The maximum Gasteiger partial charge on any atom is 0.137 e. The Hall–Kier alpha value is -0.940. The van der Waals surface area contributed by atoms with E-state index < -0.39 is 0 Å². The fourth-order valence-corrected chi connectivity index (χ4v) is 1.99. The van der Waals surface area contributed by atoms with Crippen molar-refractivity contribution in [2.45, 2.75) is 24.9 Å². The number of aromatic amines is 1. The quantitative estimate of drug-likeness (QED) is 0.581. The van der Waals surface area contributed by atoms with Crippen molar-refractivity contribution in [1.82, 2.24) is 15.2 Å². The average molecular weight is 182 g/mol. The molecule has 3 atom stereocenters. The molecule has 13 heavy (non-hydrogen) atoms. The summed E-state index contributed by atoms with van der Waals surface area (Å²) in [6.45, 7) is 0.547. The highest BCUT2D eigenvalue weighted by Crippen LogP contribution is 2.36. The van der Waals surface area contributed by atoms with Crippen LogP contribution in [0.25, 0.3) is 0 Å². The Morgan fingerprint density at radius 1 is 1.62 bits per heavy atom. The zero-order valence-corrected chi connectivity index (χ0v) is 7.35. The van der Waals surface area contributed by atoms with Crippen LogP contribution < -0.4 is 5.73 Å².